The molecule has 2 N–H and O–H groups in total. The predicted molar refractivity (Wildman–Crippen MR) is 87.6 cm³/mol. The molecule has 1 aromatic carbocycles. The number of benzene rings is 1. The first-order valence-corrected chi connectivity index (χ1v) is 8.59. The van der Waals surface area contributed by atoms with E-state index >= 15 is 0 Å². The van der Waals surface area contributed by atoms with Gasteiger partial charge >= 0.3 is 11.7 Å². The number of hydrogen-bond donors (Lipinski definition) is 2. The zero-order valence-electron chi connectivity index (χ0n) is 14.0. The van der Waals surface area contributed by atoms with E-state index in [9.17, 15) is 27.1 Å². The van der Waals surface area contributed by atoms with Crippen molar-refractivity contribution < 1.29 is 27.1 Å². The van der Waals surface area contributed by atoms with Crippen LogP contribution in [0.25, 0.3) is 0 Å². The van der Waals surface area contributed by atoms with Crippen LogP contribution in [0, 0.1) is 11.2 Å². The Labute approximate surface area is 151 Å². The summed E-state index contributed by atoms with van der Waals surface area (Å²) < 4.78 is 64.9. The maximum atomic E-state index is 13.4. The smallest absolute Gasteiger partial charge is 0.353 e. The average molecular weight is 395 g/mol. The van der Waals surface area contributed by atoms with Gasteiger partial charge in [0.1, 0.15) is 23.6 Å². The Kier molecular flexibility index (Phi) is 5.96. The number of H-pyrrole nitrogens is 1. The minimum Gasteiger partial charge on any atom is -0.384 e. The van der Waals surface area contributed by atoms with Gasteiger partial charge in [-0.25, -0.2) is 18.2 Å². The molecule has 26 heavy (non-hydrogen) atoms. The van der Waals surface area contributed by atoms with Crippen molar-refractivity contribution in [3.8, 4) is 0 Å². The van der Waals surface area contributed by atoms with Gasteiger partial charge < -0.3 is 5.11 Å². The van der Waals surface area contributed by atoms with Crippen molar-refractivity contribution in [2.75, 3.05) is 5.75 Å². The van der Waals surface area contributed by atoms with Crippen LogP contribution in [0.1, 0.15) is 25.2 Å². The number of nitrogens with one attached hydrogen (secondary N) is 1. The van der Waals surface area contributed by atoms with Crippen LogP contribution in [0.4, 0.5) is 22.0 Å². The van der Waals surface area contributed by atoms with Gasteiger partial charge in [0.15, 0.2) is 0 Å². The van der Waals surface area contributed by atoms with Crippen LogP contribution in [0.5, 0.6) is 0 Å². The molecular formula is C16H18F5N3OS. The van der Waals surface area contributed by atoms with Crippen LogP contribution >= 0.6 is 11.8 Å². The molecule has 1 atom stereocenters. The molecule has 10 heteroatoms. The summed E-state index contributed by atoms with van der Waals surface area (Å²) in [5, 5.41) is 13.3. The molecule has 0 amide bonds. The molecule has 0 unspecified atom stereocenters. The number of nitrogens with zero attached hydrogens (tertiary/aromatic N) is 2. The molecule has 144 valence electrons. The number of thioether (sulfide) groups is 1. The first kappa shape index (κ1) is 20.6. The summed E-state index contributed by atoms with van der Waals surface area (Å²) in [5.74, 6) is -0.741. The fourth-order valence-electron chi connectivity index (χ4n) is 2.48. The lowest BCUT2D eigenvalue weighted by molar-refractivity contribution is -0.0690. The maximum absolute atomic E-state index is 13.4. The number of hydrogen-bond acceptors (Lipinski definition) is 4. The highest BCUT2D eigenvalue weighted by Crippen LogP contribution is 2.47. The lowest BCUT2D eigenvalue weighted by Crippen LogP contribution is -2.46. The Hall–Kier alpha value is -1.68. The van der Waals surface area contributed by atoms with Crippen molar-refractivity contribution in [3.63, 3.8) is 0 Å². The Morgan fingerprint density at radius 2 is 1.81 bits per heavy atom. The molecule has 0 aliphatic carbocycles. The van der Waals surface area contributed by atoms with Gasteiger partial charge in [0.25, 0.3) is 0 Å². The van der Waals surface area contributed by atoms with Gasteiger partial charge in [0, 0.05) is 17.6 Å². The highest BCUT2D eigenvalue weighted by atomic mass is 32.2. The minimum absolute atomic E-state index is 0.146. The van der Waals surface area contributed by atoms with E-state index in [0.29, 0.717) is 0 Å². The third-order valence-corrected chi connectivity index (χ3v) is 5.64. The highest BCUT2D eigenvalue weighted by Gasteiger charge is 2.49. The summed E-state index contributed by atoms with van der Waals surface area (Å²) in [4.78, 5) is 3.92. The quantitative estimate of drug-likeness (QED) is 0.664. The topological polar surface area (TPSA) is 61.8 Å². The van der Waals surface area contributed by atoms with E-state index < -0.39 is 34.3 Å². The van der Waals surface area contributed by atoms with Gasteiger partial charge in [-0.1, -0.05) is 37.7 Å². The second-order valence-corrected chi connectivity index (χ2v) is 7.63. The van der Waals surface area contributed by atoms with E-state index in [2.05, 4.69) is 15.2 Å². The molecule has 1 heterocycles. The van der Waals surface area contributed by atoms with E-state index in [1.807, 2.05) is 0 Å². The summed E-state index contributed by atoms with van der Waals surface area (Å²) in [6.45, 7) is 2.95. The summed E-state index contributed by atoms with van der Waals surface area (Å²) in [6, 6.07) is 4.89. The molecule has 0 aliphatic heterocycles. The molecule has 0 bridgehead atoms. The van der Waals surface area contributed by atoms with E-state index in [1.54, 1.807) is 0 Å². The van der Waals surface area contributed by atoms with Crippen LogP contribution in [0.15, 0.2) is 30.6 Å². The molecule has 0 saturated heterocycles. The molecule has 0 radical (unpaired) electrons. The lowest BCUT2D eigenvalue weighted by Gasteiger charge is -2.43. The third-order valence-electron chi connectivity index (χ3n) is 4.21. The van der Waals surface area contributed by atoms with E-state index in [-0.39, 0.29) is 29.6 Å². The highest BCUT2D eigenvalue weighted by molar-refractivity contribution is 8.00. The molecule has 0 fully saturated rings. The molecule has 0 saturated carbocycles. The van der Waals surface area contributed by atoms with Gasteiger partial charge in [0.05, 0.1) is 0 Å². The number of alkyl halides is 4. The Morgan fingerprint density at radius 3 is 2.31 bits per heavy atom. The fraction of sp³-hybridized carbons (Fsp3) is 0.500. The Bertz CT molecular complexity index is 709. The van der Waals surface area contributed by atoms with Crippen molar-refractivity contribution in [1.82, 2.24) is 15.2 Å². The number of rotatable bonds is 8. The van der Waals surface area contributed by atoms with Gasteiger partial charge in [0.2, 0.25) is 0 Å². The molecule has 2 aromatic rings. The molecule has 1 aromatic heterocycles. The van der Waals surface area contributed by atoms with Gasteiger partial charge in [-0.15, -0.1) is 0 Å². The van der Waals surface area contributed by atoms with Crippen LogP contribution in [0.3, 0.4) is 0 Å². The van der Waals surface area contributed by atoms with Gasteiger partial charge in [-0.3, -0.25) is 5.10 Å². The summed E-state index contributed by atoms with van der Waals surface area (Å²) in [5.41, 5.74) is -2.83. The maximum Gasteiger partial charge on any atom is 0.353 e. The van der Waals surface area contributed by atoms with Gasteiger partial charge in [-0.2, -0.15) is 13.9 Å². The SMILES string of the molecule is CC(C)(CSC(F)(F)C(F)F)[C@](O)(Cc1ncn[nH]1)c1ccc(F)cc1. The van der Waals surface area contributed by atoms with Crippen LogP contribution < -0.4 is 0 Å². The first-order valence-electron chi connectivity index (χ1n) is 7.60. The van der Waals surface area contributed by atoms with Crippen molar-refractivity contribution >= 4 is 11.8 Å². The fourth-order valence-corrected chi connectivity index (χ4v) is 3.39. The molecular weight excluding hydrogens is 377 g/mol. The third kappa shape index (κ3) is 4.35. The second-order valence-electron chi connectivity index (χ2n) is 6.51. The Morgan fingerprint density at radius 1 is 1.19 bits per heavy atom. The normalized spacial score (nSPS) is 15.3. The van der Waals surface area contributed by atoms with Crippen LogP contribution in [-0.4, -0.2) is 37.7 Å². The monoisotopic (exact) mass is 395 g/mol. The number of aromatic amines is 1. The zero-order chi connectivity index (χ0) is 19.6. The van der Waals surface area contributed by atoms with Gasteiger partial charge in [-0.05, 0) is 17.7 Å². The van der Waals surface area contributed by atoms with Crippen molar-refractivity contribution in [1.29, 1.82) is 0 Å². The van der Waals surface area contributed by atoms with Crippen molar-refractivity contribution in [3.05, 3.63) is 47.8 Å². The minimum atomic E-state index is -4.24. The van der Waals surface area contributed by atoms with E-state index in [1.165, 1.54) is 32.3 Å². The first-order chi connectivity index (χ1) is 12.0. The molecule has 0 spiro atoms. The standard InChI is InChI=1S/C16H18F5N3OS/c1-14(2,8-26-16(20,21)13(18)19)15(25,7-12-22-9-23-24-12)10-3-5-11(17)6-4-10/h3-6,9,13,25H,7-8H2,1-2H3,(H,22,23,24)/t15-/m0/s1. The van der Waals surface area contributed by atoms with Crippen LogP contribution in [-0.2, 0) is 12.0 Å². The lowest BCUT2D eigenvalue weighted by atomic mass is 9.70. The second kappa shape index (κ2) is 7.51. The molecule has 2 rings (SSSR count). The van der Waals surface area contributed by atoms with E-state index in [4.69, 9.17) is 0 Å². The number of aliphatic hydroxyl groups is 1. The molecule has 0 aliphatic rings. The predicted octanol–water partition coefficient (Wildman–Crippen LogP) is 3.99. The largest absolute Gasteiger partial charge is 0.384 e. The number of halogens is 5. The van der Waals surface area contributed by atoms with Crippen LogP contribution in [0.2, 0.25) is 0 Å². The average Bonchev–Trinajstić information content (AvgIpc) is 3.06. The summed E-state index contributed by atoms with van der Waals surface area (Å²) >= 11 is -0.233. The van der Waals surface area contributed by atoms with Crippen molar-refractivity contribution in [2.45, 2.75) is 37.5 Å². The van der Waals surface area contributed by atoms with E-state index in [0.717, 1.165) is 12.1 Å². The summed E-state index contributed by atoms with van der Waals surface area (Å²) in [6.07, 6.45) is -2.75. The zero-order valence-corrected chi connectivity index (χ0v) is 14.8. The molecule has 4 nitrogen and oxygen atoms in total. The number of aromatic nitrogens is 3. The summed E-state index contributed by atoms with van der Waals surface area (Å²) in [7, 11) is 0. The van der Waals surface area contributed by atoms with Crippen molar-refractivity contribution in [2.24, 2.45) is 5.41 Å². The Balaban J connectivity index is 2.36.